The molecule has 6 nitrogen and oxygen atoms in total. The second kappa shape index (κ2) is 10.3. The fourth-order valence-corrected chi connectivity index (χ4v) is 5.14. The number of carbonyl (C=O) groups excluding carboxylic acids is 2. The molecule has 2 aromatic carbocycles. The van der Waals surface area contributed by atoms with E-state index in [0.29, 0.717) is 27.9 Å². The third-order valence-corrected chi connectivity index (χ3v) is 6.93. The molecule has 3 aromatic rings. The van der Waals surface area contributed by atoms with E-state index in [-0.39, 0.29) is 18.0 Å². The number of nitriles is 1. The highest BCUT2D eigenvalue weighted by Gasteiger charge is 2.40. The quantitative estimate of drug-likeness (QED) is 0.331. The van der Waals surface area contributed by atoms with E-state index in [1.807, 2.05) is 24.3 Å². The molecule has 0 spiro atoms. The Hall–Kier alpha value is -2.99. The number of benzene rings is 2. The maximum atomic E-state index is 13.4. The topological polar surface area (TPSA) is 86.3 Å². The smallest absolute Gasteiger partial charge is 0.265 e. The van der Waals surface area contributed by atoms with E-state index in [9.17, 15) is 14.9 Å². The molecule has 0 aliphatic carbocycles. The number of hydrogen-bond acceptors (Lipinski definition) is 5. The monoisotopic (exact) mass is 541 g/mol. The first-order valence-electron chi connectivity index (χ1n) is 9.92. The van der Waals surface area contributed by atoms with Crippen molar-refractivity contribution in [2.24, 2.45) is 0 Å². The molecule has 166 valence electrons. The first-order valence-corrected chi connectivity index (χ1v) is 12.0. The fourth-order valence-electron chi connectivity index (χ4n) is 3.36. The molecule has 0 bridgehead atoms. The minimum absolute atomic E-state index is 0.128. The van der Waals surface area contributed by atoms with Crippen LogP contribution in [-0.2, 0) is 22.6 Å². The highest BCUT2D eigenvalue weighted by atomic mass is 79.9. The molecular weight excluding hydrogens is 526 g/mol. The summed E-state index contributed by atoms with van der Waals surface area (Å²) in [6.45, 7) is 0.132. The number of rotatable bonds is 6. The summed E-state index contributed by atoms with van der Waals surface area (Å²) in [5.41, 5.74) is 1.34. The van der Waals surface area contributed by atoms with Gasteiger partial charge in [0.25, 0.3) is 5.91 Å². The maximum Gasteiger partial charge on any atom is 0.265 e. The van der Waals surface area contributed by atoms with Crippen LogP contribution in [0.4, 0.5) is 5.69 Å². The van der Waals surface area contributed by atoms with E-state index in [1.54, 1.807) is 42.5 Å². The average molecular weight is 543 g/mol. The number of thioether (sulfide) groups is 1. The van der Waals surface area contributed by atoms with Crippen LogP contribution in [0.2, 0.25) is 5.02 Å². The SMILES string of the molecule is N#C/C(C(=O)NCc1ccco1)=C1/S[C@H](Cc2cccc(Cl)c2)C(=O)N1c1ccc(Br)cc1. The van der Waals surface area contributed by atoms with E-state index < -0.39 is 11.2 Å². The highest BCUT2D eigenvalue weighted by molar-refractivity contribution is 9.10. The predicted molar refractivity (Wildman–Crippen MR) is 131 cm³/mol. The van der Waals surface area contributed by atoms with Gasteiger partial charge in [0.05, 0.1) is 18.1 Å². The first kappa shape index (κ1) is 23.2. The van der Waals surface area contributed by atoms with Gasteiger partial charge in [-0.1, -0.05) is 51.4 Å². The van der Waals surface area contributed by atoms with Gasteiger partial charge in [0.1, 0.15) is 22.4 Å². The molecule has 1 fully saturated rings. The molecule has 1 N–H and O–H groups in total. The lowest BCUT2D eigenvalue weighted by Gasteiger charge is -2.18. The second-order valence-electron chi connectivity index (χ2n) is 7.14. The zero-order chi connectivity index (χ0) is 23.4. The molecule has 4 rings (SSSR count). The van der Waals surface area contributed by atoms with E-state index in [2.05, 4.69) is 21.2 Å². The Labute approximate surface area is 208 Å². The minimum atomic E-state index is -0.574. The van der Waals surface area contributed by atoms with E-state index in [0.717, 1.165) is 10.0 Å². The third kappa shape index (κ3) is 5.33. The molecule has 1 saturated heterocycles. The van der Waals surface area contributed by atoms with Crippen LogP contribution in [0.15, 0.2) is 86.4 Å². The Bertz CT molecular complexity index is 1250. The molecule has 1 atom stereocenters. The van der Waals surface area contributed by atoms with Crippen LogP contribution < -0.4 is 10.2 Å². The number of amides is 2. The van der Waals surface area contributed by atoms with E-state index in [1.165, 1.54) is 22.9 Å². The van der Waals surface area contributed by atoms with Crippen molar-refractivity contribution in [3.8, 4) is 6.07 Å². The first-order chi connectivity index (χ1) is 16.0. The average Bonchev–Trinajstić information content (AvgIpc) is 3.42. The second-order valence-corrected chi connectivity index (χ2v) is 9.69. The van der Waals surface area contributed by atoms with Crippen molar-refractivity contribution in [1.82, 2.24) is 5.32 Å². The Kier molecular flexibility index (Phi) is 7.23. The molecule has 0 unspecified atom stereocenters. The van der Waals surface area contributed by atoms with Crippen molar-refractivity contribution >= 4 is 56.8 Å². The Morgan fingerprint density at radius 2 is 2.00 bits per heavy atom. The summed E-state index contributed by atoms with van der Waals surface area (Å²) < 4.78 is 6.09. The van der Waals surface area contributed by atoms with Crippen LogP contribution >= 0.6 is 39.3 Å². The van der Waals surface area contributed by atoms with Gasteiger partial charge < -0.3 is 9.73 Å². The van der Waals surface area contributed by atoms with Gasteiger partial charge in [0.2, 0.25) is 5.91 Å². The van der Waals surface area contributed by atoms with Gasteiger partial charge >= 0.3 is 0 Å². The van der Waals surface area contributed by atoms with Crippen molar-refractivity contribution in [3.05, 3.63) is 98.3 Å². The number of halogens is 2. The molecule has 1 aromatic heterocycles. The molecule has 33 heavy (non-hydrogen) atoms. The van der Waals surface area contributed by atoms with Crippen LogP contribution in [-0.4, -0.2) is 17.1 Å². The third-order valence-electron chi connectivity index (χ3n) is 4.90. The van der Waals surface area contributed by atoms with Gasteiger partial charge in [-0.3, -0.25) is 14.5 Å². The summed E-state index contributed by atoms with van der Waals surface area (Å²) in [5, 5.41) is 12.9. The molecule has 2 heterocycles. The number of carbonyl (C=O) groups is 2. The van der Waals surface area contributed by atoms with Crippen LogP contribution in [0, 0.1) is 11.3 Å². The molecule has 9 heteroatoms. The summed E-state index contributed by atoms with van der Waals surface area (Å²) in [6.07, 6.45) is 1.92. The van der Waals surface area contributed by atoms with Gasteiger partial charge in [-0.2, -0.15) is 5.26 Å². The van der Waals surface area contributed by atoms with Gasteiger partial charge in [-0.15, -0.1) is 0 Å². The summed E-state index contributed by atoms with van der Waals surface area (Å²) in [6, 6.07) is 19.9. The van der Waals surface area contributed by atoms with Gasteiger partial charge in [-0.05, 0) is 60.5 Å². The summed E-state index contributed by atoms with van der Waals surface area (Å²) in [7, 11) is 0. The van der Waals surface area contributed by atoms with Gasteiger partial charge in [-0.25, -0.2) is 0 Å². The lowest BCUT2D eigenvalue weighted by molar-refractivity contribution is -0.117. The van der Waals surface area contributed by atoms with Crippen LogP contribution in [0.1, 0.15) is 11.3 Å². The Balaban J connectivity index is 1.68. The van der Waals surface area contributed by atoms with E-state index >= 15 is 0 Å². The van der Waals surface area contributed by atoms with Gasteiger partial charge in [0.15, 0.2) is 0 Å². The summed E-state index contributed by atoms with van der Waals surface area (Å²) in [4.78, 5) is 27.8. The highest BCUT2D eigenvalue weighted by Crippen LogP contribution is 2.42. The van der Waals surface area contributed by atoms with Crippen molar-refractivity contribution in [3.63, 3.8) is 0 Å². The Morgan fingerprint density at radius 1 is 1.21 bits per heavy atom. The molecule has 0 saturated carbocycles. The van der Waals surface area contributed by atoms with Gasteiger partial charge in [0, 0.05) is 15.2 Å². The molecule has 1 aliphatic heterocycles. The standard InChI is InChI=1S/C24H17BrClN3O3S/c25-16-6-8-18(9-7-16)29-23(31)21(12-15-3-1-4-17(26)11-15)33-24(29)20(13-27)22(30)28-14-19-5-2-10-32-19/h1-11,21H,12,14H2,(H,28,30)/b24-20-/t21-/m1/s1. The largest absolute Gasteiger partial charge is 0.467 e. The lowest BCUT2D eigenvalue weighted by Crippen LogP contribution is -2.32. The normalized spacial score (nSPS) is 17.1. The number of hydrogen-bond donors (Lipinski definition) is 1. The predicted octanol–water partition coefficient (Wildman–Crippen LogP) is 5.44. The van der Waals surface area contributed by atoms with E-state index in [4.69, 9.17) is 16.0 Å². The molecule has 2 amide bonds. The maximum absolute atomic E-state index is 13.4. The van der Waals surface area contributed by atoms with Crippen molar-refractivity contribution in [1.29, 1.82) is 5.26 Å². The van der Waals surface area contributed by atoms with Crippen molar-refractivity contribution in [2.45, 2.75) is 18.2 Å². The number of nitrogens with one attached hydrogen (secondary N) is 1. The number of furan rings is 1. The summed E-state index contributed by atoms with van der Waals surface area (Å²) in [5.74, 6) is -0.219. The van der Waals surface area contributed by atoms with Crippen molar-refractivity contribution < 1.29 is 14.0 Å². The van der Waals surface area contributed by atoms with Crippen LogP contribution in [0.25, 0.3) is 0 Å². The Morgan fingerprint density at radius 3 is 2.67 bits per heavy atom. The zero-order valence-electron chi connectivity index (χ0n) is 17.1. The summed E-state index contributed by atoms with van der Waals surface area (Å²) >= 11 is 10.7. The van der Waals surface area contributed by atoms with Crippen LogP contribution in [0.3, 0.4) is 0 Å². The molecule has 0 radical (unpaired) electrons. The fraction of sp³-hybridized carbons (Fsp3) is 0.125. The van der Waals surface area contributed by atoms with Crippen LogP contribution in [0.5, 0.6) is 0 Å². The number of anilines is 1. The lowest BCUT2D eigenvalue weighted by atomic mass is 10.1. The zero-order valence-corrected chi connectivity index (χ0v) is 20.3. The van der Waals surface area contributed by atoms with Crippen molar-refractivity contribution in [2.75, 3.05) is 4.90 Å². The molecule has 1 aliphatic rings. The molecular formula is C24H17BrClN3O3S. The number of nitrogens with zero attached hydrogens (tertiary/aromatic N) is 2. The minimum Gasteiger partial charge on any atom is -0.467 e.